The first kappa shape index (κ1) is 36.3. The maximum absolute atomic E-state index is 13.5. The van der Waals surface area contributed by atoms with Gasteiger partial charge in [0.2, 0.25) is 0 Å². The first-order valence-corrected chi connectivity index (χ1v) is 18.1. The van der Waals surface area contributed by atoms with E-state index in [0.717, 1.165) is 32.1 Å². The number of carbonyl (C=O) groups is 2. The van der Waals surface area contributed by atoms with E-state index in [1.807, 2.05) is 0 Å². The van der Waals surface area contributed by atoms with E-state index in [1.54, 1.807) is 39.8 Å². The molecule has 0 bridgehead atoms. The van der Waals surface area contributed by atoms with Crippen LogP contribution in [0.15, 0.2) is 34.9 Å². The zero-order valence-electron chi connectivity index (χ0n) is 30.9. The van der Waals surface area contributed by atoms with E-state index in [2.05, 4.69) is 54.5 Å². The van der Waals surface area contributed by atoms with E-state index in [4.69, 9.17) is 9.47 Å². The Morgan fingerprint density at radius 3 is 1.96 bits per heavy atom. The number of allylic oxidation sites excluding steroid dienone is 4. The van der Waals surface area contributed by atoms with E-state index < -0.39 is 47.7 Å². The minimum Gasteiger partial charge on any atom is -0.454 e. The van der Waals surface area contributed by atoms with Crippen LogP contribution in [0.3, 0.4) is 0 Å². The molecular formula is C40H62O7. The summed E-state index contributed by atoms with van der Waals surface area (Å²) < 4.78 is 12.5. The van der Waals surface area contributed by atoms with Crippen molar-refractivity contribution < 1.29 is 34.4 Å². The van der Waals surface area contributed by atoms with Gasteiger partial charge in [0.25, 0.3) is 0 Å². The number of hydrogen-bond acceptors (Lipinski definition) is 7. The lowest BCUT2D eigenvalue weighted by Gasteiger charge is -2.72. The van der Waals surface area contributed by atoms with Crippen LogP contribution in [0, 0.1) is 50.2 Å². The van der Waals surface area contributed by atoms with Gasteiger partial charge < -0.3 is 24.8 Å². The zero-order valence-corrected chi connectivity index (χ0v) is 30.9. The molecular weight excluding hydrogens is 592 g/mol. The summed E-state index contributed by atoms with van der Waals surface area (Å²) >= 11 is 0. The van der Waals surface area contributed by atoms with Crippen LogP contribution in [0.1, 0.15) is 121 Å². The molecule has 47 heavy (non-hydrogen) atoms. The summed E-state index contributed by atoms with van der Waals surface area (Å²) in [6.45, 7) is 22.4. The molecule has 7 heteroatoms. The Hall–Kier alpha value is -1.96. The molecule has 0 radical (unpaired) electrons. The molecule has 0 aromatic carbocycles. The number of ether oxygens (including phenoxy) is 2. The predicted octanol–water partition coefficient (Wildman–Crippen LogP) is 7.09. The lowest BCUT2D eigenvalue weighted by molar-refractivity contribution is -0.265. The second-order valence-corrected chi connectivity index (χ2v) is 18.0. The number of esters is 2. The summed E-state index contributed by atoms with van der Waals surface area (Å²) in [4.78, 5) is 26.8. The van der Waals surface area contributed by atoms with E-state index in [-0.39, 0.29) is 33.7 Å². The van der Waals surface area contributed by atoms with E-state index in [0.29, 0.717) is 35.8 Å². The van der Waals surface area contributed by atoms with Crippen molar-refractivity contribution in [2.75, 3.05) is 6.61 Å². The fourth-order valence-electron chi connectivity index (χ4n) is 11.9. The van der Waals surface area contributed by atoms with Gasteiger partial charge in [-0.1, -0.05) is 72.3 Å². The van der Waals surface area contributed by atoms with Gasteiger partial charge in [-0.15, -0.1) is 0 Å². The highest BCUT2D eigenvalue weighted by Crippen LogP contribution is 2.76. The number of fused-ring (bicyclic) bond motifs is 7. The van der Waals surface area contributed by atoms with Gasteiger partial charge in [0.15, 0.2) is 6.10 Å². The van der Waals surface area contributed by atoms with Gasteiger partial charge in [-0.2, -0.15) is 0 Å². The second kappa shape index (κ2) is 11.8. The molecule has 7 nitrogen and oxygen atoms in total. The summed E-state index contributed by atoms with van der Waals surface area (Å²) in [5, 5.41) is 35.1. The van der Waals surface area contributed by atoms with Crippen molar-refractivity contribution in [2.24, 2.45) is 50.2 Å². The van der Waals surface area contributed by atoms with E-state index in [9.17, 15) is 24.9 Å². The third-order valence-electron chi connectivity index (χ3n) is 15.3. The third kappa shape index (κ3) is 4.98. The van der Waals surface area contributed by atoms with Crippen LogP contribution >= 0.6 is 0 Å². The number of aliphatic hydroxyl groups is 3. The molecule has 5 rings (SSSR count). The molecule has 3 N–H and O–H groups in total. The Bertz CT molecular complexity index is 1370. The van der Waals surface area contributed by atoms with Crippen LogP contribution in [0.2, 0.25) is 0 Å². The van der Waals surface area contributed by atoms with Gasteiger partial charge in [-0.3, -0.25) is 0 Å². The molecule has 264 valence electrons. The molecule has 0 aromatic rings. The Kier molecular flexibility index (Phi) is 9.14. The molecule has 4 fully saturated rings. The first-order valence-electron chi connectivity index (χ1n) is 18.1. The monoisotopic (exact) mass is 654 g/mol. The molecule has 0 aliphatic heterocycles. The van der Waals surface area contributed by atoms with Crippen LogP contribution < -0.4 is 0 Å². The molecule has 3 unspecified atom stereocenters. The zero-order chi connectivity index (χ0) is 35.1. The van der Waals surface area contributed by atoms with Crippen molar-refractivity contribution in [2.45, 2.75) is 146 Å². The minimum absolute atomic E-state index is 0.0507. The Morgan fingerprint density at radius 2 is 1.40 bits per heavy atom. The molecule has 0 aromatic heterocycles. The fourth-order valence-corrected chi connectivity index (χ4v) is 11.9. The van der Waals surface area contributed by atoms with E-state index >= 15 is 0 Å². The van der Waals surface area contributed by atoms with E-state index in [1.165, 1.54) is 5.57 Å². The van der Waals surface area contributed by atoms with Crippen LogP contribution in [0.5, 0.6) is 0 Å². The van der Waals surface area contributed by atoms with Gasteiger partial charge in [0.05, 0.1) is 24.2 Å². The standard InChI is InChI=1S/C40H62O7/c1-12-23(3)33(44)46-31-32(47-34(45)24(4)13-2)40(22-41)26(20-35(31,5)6)25-14-15-28-37(9)18-17-29(42)36(7,8)27(37)16-19-38(28,10)39(25,11)21-30(40)43/h12-14,26-32,41-43H,15-22H2,1-11H3/b23-12-,24-13-/t26?,27?,28?,29-,30+,31-,32-,37-,38+,39+,40-/m0/s1. The average molecular weight is 655 g/mol. The number of aliphatic hydroxyl groups excluding tert-OH is 3. The highest BCUT2D eigenvalue weighted by atomic mass is 16.6. The highest BCUT2D eigenvalue weighted by molar-refractivity contribution is 5.88. The van der Waals surface area contributed by atoms with Crippen molar-refractivity contribution in [1.29, 1.82) is 0 Å². The second-order valence-electron chi connectivity index (χ2n) is 18.0. The average Bonchev–Trinajstić information content (AvgIpc) is 3.00. The quantitative estimate of drug-likeness (QED) is 0.165. The third-order valence-corrected chi connectivity index (χ3v) is 15.3. The number of rotatable bonds is 5. The molecule has 11 atom stereocenters. The number of carbonyl (C=O) groups excluding carboxylic acids is 2. The summed E-state index contributed by atoms with van der Waals surface area (Å²) in [7, 11) is 0. The van der Waals surface area contributed by atoms with Gasteiger partial charge >= 0.3 is 11.9 Å². The normalized spacial score (nSPS) is 45.7. The van der Waals surface area contributed by atoms with Gasteiger partial charge in [0, 0.05) is 16.6 Å². The van der Waals surface area contributed by atoms with Crippen molar-refractivity contribution in [3.05, 3.63) is 34.9 Å². The minimum atomic E-state index is -1.25. The first-order chi connectivity index (χ1) is 21.7. The summed E-state index contributed by atoms with van der Waals surface area (Å²) in [6.07, 6.45) is 8.26. The number of hydrogen-bond donors (Lipinski definition) is 3. The fraction of sp³-hybridized carbons (Fsp3) is 0.800. The van der Waals surface area contributed by atoms with Crippen molar-refractivity contribution in [3.63, 3.8) is 0 Å². The Labute approximate surface area is 283 Å². The van der Waals surface area contributed by atoms with Crippen LogP contribution in [-0.4, -0.2) is 58.3 Å². The van der Waals surface area contributed by atoms with Crippen LogP contribution in [0.4, 0.5) is 0 Å². The van der Waals surface area contributed by atoms with Crippen LogP contribution in [0.25, 0.3) is 0 Å². The lowest BCUT2D eigenvalue weighted by atomic mass is 9.33. The van der Waals surface area contributed by atoms with Gasteiger partial charge in [-0.05, 0) is 112 Å². The molecule has 4 saturated carbocycles. The van der Waals surface area contributed by atoms with Gasteiger partial charge in [0.1, 0.15) is 6.10 Å². The summed E-state index contributed by atoms with van der Waals surface area (Å²) in [5.74, 6) is -0.532. The predicted molar refractivity (Wildman–Crippen MR) is 183 cm³/mol. The van der Waals surface area contributed by atoms with Crippen LogP contribution in [-0.2, 0) is 19.1 Å². The molecule has 0 amide bonds. The Morgan fingerprint density at radius 1 is 0.830 bits per heavy atom. The summed E-state index contributed by atoms with van der Waals surface area (Å²) in [5.41, 5.74) is -0.357. The van der Waals surface area contributed by atoms with Crippen molar-refractivity contribution in [3.8, 4) is 0 Å². The maximum Gasteiger partial charge on any atom is 0.333 e. The smallest absolute Gasteiger partial charge is 0.333 e. The van der Waals surface area contributed by atoms with Crippen molar-refractivity contribution in [1.82, 2.24) is 0 Å². The molecule has 0 spiro atoms. The molecule has 0 saturated heterocycles. The molecule has 0 heterocycles. The van der Waals surface area contributed by atoms with Crippen molar-refractivity contribution >= 4 is 11.9 Å². The highest BCUT2D eigenvalue weighted by Gasteiger charge is 2.73. The lowest BCUT2D eigenvalue weighted by Crippen LogP contribution is -2.72. The molecule has 5 aliphatic carbocycles. The summed E-state index contributed by atoms with van der Waals surface area (Å²) in [6, 6.07) is 0. The Balaban J connectivity index is 1.65. The largest absolute Gasteiger partial charge is 0.454 e. The topological polar surface area (TPSA) is 113 Å². The van der Waals surface area contributed by atoms with Gasteiger partial charge in [-0.25, -0.2) is 9.59 Å². The SMILES string of the molecule is C/C=C(/C)C(=O)O[C@H]1[C@H](OC(=O)/C(C)=C\C)[C@@]2(CO)C(CC1(C)C)C1=CCC3[C@@]4(C)CC[C@H](O)C(C)(C)C4CC[C@@]3(C)[C@]1(C)C[C@H]2O. The molecule has 5 aliphatic rings. The maximum atomic E-state index is 13.5.